The minimum atomic E-state index is -0.511. The number of hydrogen-bond acceptors (Lipinski definition) is 4. The smallest absolute Gasteiger partial charge is 0.338 e. The van der Waals surface area contributed by atoms with Crippen molar-refractivity contribution in [2.75, 3.05) is 6.61 Å². The summed E-state index contributed by atoms with van der Waals surface area (Å²) in [7, 11) is 0. The Kier molecular flexibility index (Phi) is 4.03. The molecule has 0 amide bonds. The molecule has 1 N–H and O–H groups in total. The first-order valence-corrected chi connectivity index (χ1v) is 4.95. The molecule has 84 valence electrons. The van der Waals surface area contributed by atoms with Gasteiger partial charge in [-0.3, -0.25) is 0 Å². The first kappa shape index (κ1) is 12.2. The van der Waals surface area contributed by atoms with E-state index in [1.54, 1.807) is 19.9 Å². The molecule has 0 aliphatic heterocycles. The lowest BCUT2D eigenvalue weighted by Crippen LogP contribution is -2.09. The van der Waals surface area contributed by atoms with Crippen molar-refractivity contribution in [1.82, 2.24) is 0 Å². The van der Waals surface area contributed by atoms with Crippen LogP contribution in [0.15, 0.2) is 12.1 Å². The van der Waals surface area contributed by atoms with E-state index in [1.165, 1.54) is 6.07 Å². The van der Waals surface area contributed by atoms with Crippen LogP contribution in [-0.2, 0) is 11.3 Å². The second-order valence-corrected chi connectivity index (χ2v) is 3.31. The first-order chi connectivity index (χ1) is 7.63. The number of ether oxygens (including phenoxy) is 1. The van der Waals surface area contributed by atoms with E-state index in [1.807, 2.05) is 6.07 Å². The van der Waals surface area contributed by atoms with Crippen LogP contribution in [0.2, 0.25) is 0 Å². The molecule has 0 aliphatic rings. The molecular formula is C12H13NO3. The Labute approximate surface area is 94.1 Å². The van der Waals surface area contributed by atoms with Gasteiger partial charge < -0.3 is 9.84 Å². The number of nitriles is 1. The number of hydrogen-bond donors (Lipinski definition) is 1. The molecule has 0 saturated carbocycles. The summed E-state index contributed by atoms with van der Waals surface area (Å²) in [4.78, 5) is 11.6. The van der Waals surface area contributed by atoms with Gasteiger partial charge in [-0.15, -0.1) is 0 Å². The molecule has 1 rings (SSSR count). The van der Waals surface area contributed by atoms with Crippen LogP contribution in [-0.4, -0.2) is 17.7 Å². The van der Waals surface area contributed by atoms with E-state index in [0.717, 1.165) is 5.56 Å². The van der Waals surface area contributed by atoms with E-state index in [2.05, 4.69) is 0 Å². The molecule has 0 fully saturated rings. The average Bonchev–Trinajstić information content (AvgIpc) is 2.28. The quantitative estimate of drug-likeness (QED) is 0.783. The van der Waals surface area contributed by atoms with E-state index in [-0.39, 0.29) is 18.8 Å². The molecule has 0 heterocycles. The molecule has 0 bridgehead atoms. The zero-order valence-corrected chi connectivity index (χ0v) is 9.28. The summed E-state index contributed by atoms with van der Waals surface area (Å²) >= 11 is 0. The maximum Gasteiger partial charge on any atom is 0.338 e. The highest BCUT2D eigenvalue weighted by atomic mass is 16.5. The summed E-state index contributed by atoms with van der Waals surface area (Å²) < 4.78 is 4.85. The molecule has 16 heavy (non-hydrogen) atoms. The Hall–Kier alpha value is -1.86. The van der Waals surface area contributed by atoms with Gasteiger partial charge in [0.25, 0.3) is 0 Å². The monoisotopic (exact) mass is 219 g/mol. The molecule has 1 aromatic rings. The Bertz CT molecular complexity index is 446. The summed E-state index contributed by atoms with van der Waals surface area (Å²) in [6.07, 6.45) is 0. The largest absolute Gasteiger partial charge is 0.462 e. The molecule has 4 heteroatoms. The topological polar surface area (TPSA) is 70.3 Å². The molecule has 0 aliphatic carbocycles. The van der Waals surface area contributed by atoms with Crippen LogP contribution in [0, 0.1) is 18.3 Å². The van der Waals surface area contributed by atoms with Gasteiger partial charge in [-0.25, -0.2) is 4.79 Å². The zero-order valence-electron chi connectivity index (χ0n) is 9.28. The van der Waals surface area contributed by atoms with Gasteiger partial charge in [-0.2, -0.15) is 5.26 Å². The Balaban J connectivity index is 3.26. The lowest BCUT2D eigenvalue weighted by Gasteiger charge is -2.09. The van der Waals surface area contributed by atoms with Crippen molar-refractivity contribution in [3.05, 3.63) is 34.4 Å². The van der Waals surface area contributed by atoms with Gasteiger partial charge in [0.2, 0.25) is 0 Å². The van der Waals surface area contributed by atoms with Crippen molar-refractivity contribution in [1.29, 1.82) is 5.26 Å². The van der Waals surface area contributed by atoms with Gasteiger partial charge in [-0.05, 0) is 31.0 Å². The van der Waals surface area contributed by atoms with Crippen LogP contribution in [0.5, 0.6) is 0 Å². The summed E-state index contributed by atoms with van der Waals surface area (Å²) in [6.45, 7) is 3.47. The molecule has 0 atom stereocenters. The summed E-state index contributed by atoms with van der Waals surface area (Å²) in [5, 5.41) is 18.0. The first-order valence-electron chi connectivity index (χ1n) is 4.95. The molecule has 0 unspecified atom stereocenters. The third-order valence-electron chi connectivity index (χ3n) is 2.24. The Morgan fingerprint density at radius 3 is 2.75 bits per heavy atom. The fourth-order valence-corrected chi connectivity index (χ4v) is 1.42. The predicted molar refractivity (Wildman–Crippen MR) is 57.8 cm³/mol. The van der Waals surface area contributed by atoms with Gasteiger partial charge >= 0.3 is 5.97 Å². The fraction of sp³-hybridized carbons (Fsp3) is 0.333. The van der Waals surface area contributed by atoms with Crippen LogP contribution in [0.25, 0.3) is 0 Å². The van der Waals surface area contributed by atoms with Gasteiger partial charge in [-0.1, -0.05) is 6.07 Å². The molecule has 0 saturated heterocycles. The summed E-state index contributed by atoms with van der Waals surface area (Å²) in [5.74, 6) is -0.511. The van der Waals surface area contributed by atoms with Gasteiger partial charge in [0.15, 0.2) is 0 Å². The zero-order chi connectivity index (χ0) is 12.1. The minimum Gasteiger partial charge on any atom is -0.462 e. The number of aliphatic hydroxyl groups excluding tert-OH is 1. The van der Waals surface area contributed by atoms with Crippen molar-refractivity contribution >= 4 is 5.97 Å². The number of benzene rings is 1. The fourth-order valence-electron chi connectivity index (χ4n) is 1.42. The number of esters is 1. The third kappa shape index (κ3) is 2.38. The average molecular weight is 219 g/mol. The number of nitrogens with zero attached hydrogens (tertiary/aromatic N) is 1. The maximum atomic E-state index is 11.6. The molecule has 1 aromatic carbocycles. The second-order valence-electron chi connectivity index (χ2n) is 3.31. The van der Waals surface area contributed by atoms with Gasteiger partial charge in [0, 0.05) is 0 Å². The Morgan fingerprint density at radius 1 is 1.56 bits per heavy atom. The van der Waals surface area contributed by atoms with Gasteiger partial charge in [0.05, 0.1) is 30.4 Å². The Morgan fingerprint density at radius 2 is 2.25 bits per heavy atom. The van der Waals surface area contributed by atoms with Crippen molar-refractivity contribution in [2.24, 2.45) is 0 Å². The number of aryl methyl sites for hydroxylation is 1. The SMILES string of the molecule is CCOC(=O)c1cc(C#N)c(C)cc1CO. The lowest BCUT2D eigenvalue weighted by atomic mass is 10.00. The number of aliphatic hydroxyl groups is 1. The van der Waals surface area contributed by atoms with E-state index >= 15 is 0 Å². The highest BCUT2D eigenvalue weighted by molar-refractivity contribution is 5.91. The predicted octanol–water partition coefficient (Wildman–Crippen LogP) is 1.54. The van der Waals surface area contributed by atoms with E-state index in [4.69, 9.17) is 15.1 Å². The van der Waals surface area contributed by atoms with Crippen LogP contribution >= 0.6 is 0 Å². The summed E-state index contributed by atoms with van der Waals surface area (Å²) in [6, 6.07) is 5.08. The minimum absolute atomic E-state index is 0.249. The highest BCUT2D eigenvalue weighted by Crippen LogP contribution is 2.17. The van der Waals surface area contributed by atoms with E-state index in [9.17, 15) is 4.79 Å². The second kappa shape index (κ2) is 5.29. The van der Waals surface area contributed by atoms with Crippen LogP contribution in [0.1, 0.15) is 34.0 Å². The van der Waals surface area contributed by atoms with Crippen LogP contribution < -0.4 is 0 Å². The van der Waals surface area contributed by atoms with Crippen molar-refractivity contribution in [3.63, 3.8) is 0 Å². The van der Waals surface area contributed by atoms with Crippen molar-refractivity contribution in [2.45, 2.75) is 20.5 Å². The van der Waals surface area contributed by atoms with E-state index < -0.39 is 5.97 Å². The number of carbonyl (C=O) groups excluding carboxylic acids is 1. The van der Waals surface area contributed by atoms with Crippen LogP contribution in [0.3, 0.4) is 0 Å². The van der Waals surface area contributed by atoms with Gasteiger partial charge in [0.1, 0.15) is 0 Å². The number of rotatable bonds is 3. The van der Waals surface area contributed by atoms with Crippen LogP contribution in [0.4, 0.5) is 0 Å². The molecule has 0 spiro atoms. The molecular weight excluding hydrogens is 206 g/mol. The molecule has 4 nitrogen and oxygen atoms in total. The maximum absolute atomic E-state index is 11.6. The summed E-state index contributed by atoms with van der Waals surface area (Å²) in [5.41, 5.74) is 1.89. The highest BCUT2D eigenvalue weighted by Gasteiger charge is 2.14. The standard InChI is InChI=1S/C12H13NO3/c1-3-16-12(15)11-5-9(6-13)8(2)4-10(11)7-14/h4-5,14H,3,7H2,1-2H3. The molecule has 0 radical (unpaired) electrons. The van der Waals surface area contributed by atoms with Crippen molar-refractivity contribution in [3.8, 4) is 6.07 Å². The van der Waals surface area contributed by atoms with E-state index in [0.29, 0.717) is 11.1 Å². The molecule has 0 aromatic heterocycles. The lowest BCUT2D eigenvalue weighted by molar-refractivity contribution is 0.0523. The number of carbonyl (C=O) groups is 1. The normalized spacial score (nSPS) is 9.62. The third-order valence-corrected chi connectivity index (χ3v) is 2.24. The van der Waals surface area contributed by atoms with Crippen molar-refractivity contribution < 1.29 is 14.6 Å².